The Labute approximate surface area is 155 Å². The first-order chi connectivity index (χ1) is 13.2. The molecule has 0 unspecified atom stereocenters. The number of halogens is 1. The van der Waals surface area contributed by atoms with Crippen LogP contribution in [0.15, 0.2) is 66.9 Å². The van der Waals surface area contributed by atoms with Crippen molar-refractivity contribution in [1.82, 2.24) is 9.97 Å². The van der Waals surface area contributed by atoms with E-state index in [9.17, 15) is 9.18 Å². The molecule has 0 aliphatic rings. The van der Waals surface area contributed by atoms with Crippen LogP contribution in [0, 0.1) is 5.82 Å². The Balaban J connectivity index is 1.39. The third-order valence-corrected chi connectivity index (χ3v) is 4.43. The summed E-state index contributed by atoms with van der Waals surface area (Å²) in [6.45, 7) is 0.0672. The van der Waals surface area contributed by atoms with Crippen molar-refractivity contribution in [3.63, 3.8) is 0 Å². The second-order valence-electron chi connectivity index (χ2n) is 6.26. The van der Waals surface area contributed by atoms with Crippen molar-refractivity contribution in [3.8, 4) is 0 Å². The van der Waals surface area contributed by atoms with Crippen molar-refractivity contribution in [1.29, 1.82) is 0 Å². The Kier molecular flexibility index (Phi) is 4.75. The summed E-state index contributed by atoms with van der Waals surface area (Å²) >= 11 is 0. The molecule has 4 nitrogen and oxygen atoms in total. The average Bonchev–Trinajstić information content (AvgIpc) is 2.72. The number of rotatable bonds is 5. The lowest BCUT2D eigenvalue weighted by atomic mass is 10.1. The van der Waals surface area contributed by atoms with Gasteiger partial charge in [-0.15, -0.1) is 0 Å². The molecule has 0 saturated carbocycles. The van der Waals surface area contributed by atoms with Gasteiger partial charge in [-0.05, 0) is 30.3 Å². The van der Waals surface area contributed by atoms with E-state index in [1.165, 1.54) is 6.07 Å². The van der Waals surface area contributed by atoms with Gasteiger partial charge in [-0.1, -0.05) is 30.3 Å². The number of aromatic nitrogens is 2. The molecular formula is C22H17FN2O2. The highest BCUT2D eigenvalue weighted by atomic mass is 19.1. The van der Waals surface area contributed by atoms with Crippen LogP contribution in [0.2, 0.25) is 0 Å². The third kappa shape index (κ3) is 3.77. The minimum absolute atomic E-state index is 0.0672. The molecule has 0 N–H and O–H groups in total. The van der Waals surface area contributed by atoms with Gasteiger partial charge >= 0.3 is 5.97 Å². The molecule has 0 amide bonds. The molecule has 0 atom stereocenters. The number of hydrogen-bond acceptors (Lipinski definition) is 4. The second kappa shape index (κ2) is 7.50. The first-order valence-corrected chi connectivity index (χ1v) is 8.73. The number of hydrogen-bond donors (Lipinski definition) is 0. The number of pyridine rings is 2. The van der Waals surface area contributed by atoms with E-state index in [1.54, 1.807) is 24.4 Å². The molecule has 0 fully saturated rings. The molecular weight excluding hydrogens is 343 g/mol. The predicted molar refractivity (Wildman–Crippen MR) is 102 cm³/mol. The molecule has 0 spiro atoms. The number of ether oxygens (including phenoxy) is 1. The molecule has 5 heteroatoms. The highest BCUT2D eigenvalue weighted by Gasteiger charge is 2.10. The Bertz CT molecular complexity index is 1130. The highest BCUT2D eigenvalue weighted by Crippen LogP contribution is 2.20. The van der Waals surface area contributed by atoms with Crippen LogP contribution in [0.3, 0.4) is 0 Å². The number of fused-ring (bicyclic) bond motifs is 2. The van der Waals surface area contributed by atoms with Gasteiger partial charge < -0.3 is 4.74 Å². The van der Waals surface area contributed by atoms with Gasteiger partial charge in [0, 0.05) is 34.6 Å². The van der Waals surface area contributed by atoms with Crippen LogP contribution in [-0.2, 0) is 22.6 Å². The van der Waals surface area contributed by atoms with E-state index in [4.69, 9.17) is 4.74 Å². The van der Waals surface area contributed by atoms with Gasteiger partial charge in [-0.2, -0.15) is 0 Å². The number of para-hydroxylation sites is 1. The molecule has 2 heterocycles. The van der Waals surface area contributed by atoms with Crippen LogP contribution >= 0.6 is 0 Å². The number of carbonyl (C=O) groups excluding carboxylic acids is 1. The minimum atomic E-state index is -0.337. The molecule has 0 aliphatic carbocycles. The second-order valence-corrected chi connectivity index (χ2v) is 6.26. The van der Waals surface area contributed by atoms with Crippen molar-refractivity contribution in [2.75, 3.05) is 0 Å². The number of nitrogens with zero attached hydrogens (tertiary/aromatic N) is 2. The van der Waals surface area contributed by atoms with E-state index >= 15 is 0 Å². The van der Waals surface area contributed by atoms with Gasteiger partial charge in [0.2, 0.25) is 0 Å². The summed E-state index contributed by atoms with van der Waals surface area (Å²) < 4.78 is 19.2. The smallest absolute Gasteiger partial charge is 0.306 e. The molecule has 0 bridgehead atoms. The maximum atomic E-state index is 13.8. The van der Waals surface area contributed by atoms with Crippen molar-refractivity contribution in [2.24, 2.45) is 0 Å². The summed E-state index contributed by atoms with van der Waals surface area (Å²) in [5, 5.41) is 1.49. The van der Waals surface area contributed by atoms with E-state index in [0.717, 1.165) is 16.6 Å². The summed E-state index contributed by atoms with van der Waals surface area (Å²) in [5.74, 6) is -0.658. The summed E-state index contributed by atoms with van der Waals surface area (Å²) in [6.07, 6.45) is 2.34. The fourth-order valence-electron chi connectivity index (χ4n) is 3.02. The fourth-order valence-corrected chi connectivity index (χ4v) is 3.02. The normalized spacial score (nSPS) is 11.0. The average molecular weight is 360 g/mol. The van der Waals surface area contributed by atoms with E-state index < -0.39 is 0 Å². The lowest BCUT2D eigenvalue weighted by Gasteiger charge is -2.08. The Hall–Kier alpha value is -3.34. The Morgan fingerprint density at radius 2 is 1.89 bits per heavy atom. The van der Waals surface area contributed by atoms with Crippen molar-refractivity contribution >= 4 is 27.8 Å². The zero-order valence-electron chi connectivity index (χ0n) is 14.6. The standard InChI is InChI=1S/C22H17FN2O2/c23-19-11-8-16(22-18(19)5-3-13-24-22)14-27-21(26)12-10-17-9-7-15-4-1-2-6-20(15)25-17/h1-9,11,13H,10,12,14H2. The van der Waals surface area contributed by atoms with Crippen LogP contribution in [0.1, 0.15) is 17.7 Å². The van der Waals surface area contributed by atoms with Crippen molar-refractivity contribution in [2.45, 2.75) is 19.4 Å². The lowest BCUT2D eigenvalue weighted by molar-refractivity contribution is -0.144. The summed E-state index contributed by atoms with van der Waals surface area (Å²) in [7, 11) is 0. The molecule has 134 valence electrons. The Morgan fingerprint density at radius 3 is 2.81 bits per heavy atom. The lowest BCUT2D eigenvalue weighted by Crippen LogP contribution is -2.07. The van der Waals surface area contributed by atoms with Crippen LogP contribution in [-0.4, -0.2) is 15.9 Å². The van der Waals surface area contributed by atoms with Crippen molar-refractivity contribution < 1.29 is 13.9 Å². The van der Waals surface area contributed by atoms with Gasteiger partial charge in [0.05, 0.1) is 17.5 Å². The SMILES string of the molecule is O=C(CCc1ccc2ccccc2n1)OCc1ccc(F)c2cccnc12. The zero-order valence-corrected chi connectivity index (χ0v) is 14.6. The fraction of sp³-hybridized carbons (Fsp3) is 0.136. The van der Waals surface area contributed by atoms with Gasteiger partial charge in [0.15, 0.2) is 0 Å². The first kappa shape index (κ1) is 17.1. The van der Waals surface area contributed by atoms with Gasteiger partial charge in [0.25, 0.3) is 0 Å². The number of esters is 1. The predicted octanol–water partition coefficient (Wildman–Crippen LogP) is 4.60. The van der Waals surface area contributed by atoms with Gasteiger partial charge in [0.1, 0.15) is 12.4 Å². The third-order valence-electron chi connectivity index (χ3n) is 4.43. The molecule has 0 radical (unpaired) electrons. The topological polar surface area (TPSA) is 52.1 Å². The monoisotopic (exact) mass is 360 g/mol. The Morgan fingerprint density at radius 1 is 1.00 bits per heavy atom. The van der Waals surface area contributed by atoms with Crippen LogP contribution in [0.25, 0.3) is 21.8 Å². The quantitative estimate of drug-likeness (QED) is 0.488. The molecule has 4 rings (SSSR count). The summed E-state index contributed by atoms with van der Waals surface area (Å²) in [6, 6.07) is 18.1. The summed E-state index contributed by atoms with van der Waals surface area (Å²) in [5.41, 5.74) is 2.96. The van der Waals surface area contributed by atoms with Gasteiger partial charge in [-0.25, -0.2) is 4.39 Å². The molecule has 0 aliphatic heterocycles. The maximum absolute atomic E-state index is 13.8. The number of benzene rings is 2. The molecule has 2 aromatic heterocycles. The van der Waals surface area contributed by atoms with E-state index in [1.807, 2.05) is 36.4 Å². The zero-order chi connectivity index (χ0) is 18.6. The van der Waals surface area contributed by atoms with Crippen LogP contribution in [0.4, 0.5) is 4.39 Å². The van der Waals surface area contributed by atoms with Crippen LogP contribution < -0.4 is 0 Å². The largest absolute Gasteiger partial charge is 0.461 e. The molecule has 27 heavy (non-hydrogen) atoms. The first-order valence-electron chi connectivity index (χ1n) is 8.73. The van der Waals surface area contributed by atoms with E-state index in [0.29, 0.717) is 22.9 Å². The maximum Gasteiger partial charge on any atom is 0.306 e. The molecule has 2 aromatic carbocycles. The molecule has 4 aromatic rings. The van der Waals surface area contributed by atoms with Crippen LogP contribution in [0.5, 0.6) is 0 Å². The number of carbonyl (C=O) groups is 1. The van der Waals surface area contributed by atoms with Gasteiger partial charge in [-0.3, -0.25) is 14.8 Å². The number of aryl methyl sites for hydroxylation is 1. The molecule has 0 saturated heterocycles. The highest BCUT2D eigenvalue weighted by molar-refractivity contribution is 5.82. The van der Waals surface area contributed by atoms with E-state index in [-0.39, 0.29) is 24.8 Å². The summed E-state index contributed by atoms with van der Waals surface area (Å²) in [4.78, 5) is 20.9. The van der Waals surface area contributed by atoms with Crippen molar-refractivity contribution in [3.05, 3.63) is 83.9 Å². The minimum Gasteiger partial charge on any atom is -0.461 e. The van der Waals surface area contributed by atoms with E-state index in [2.05, 4.69) is 9.97 Å².